The van der Waals surface area contributed by atoms with Crippen LogP contribution in [0.4, 0.5) is 0 Å². The van der Waals surface area contributed by atoms with Gasteiger partial charge < -0.3 is 9.84 Å². The molecular weight excluding hydrogens is 326 g/mol. The van der Waals surface area contributed by atoms with Crippen LogP contribution in [0.1, 0.15) is 15.9 Å². The Morgan fingerprint density at radius 1 is 1.04 bits per heavy atom. The average Bonchev–Trinajstić information content (AvgIpc) is 2.61. The molecule has 1 N–H and O–H groups in total. The van der Waals surface area contributed by atoms with E-state index in [0.29, 0.717) is 12.5 Å². The zero-order valence-electron chi connectivity index (χ0n) is 12.6. The van der Waals surface area contributed by atoms with Crippen LogP contribution < -0.4 is 4.74 Å². The fourth-order valence-electron chi connectivity index (χ4n) is 2.24. The number of nitrogens with zero attached hydrogens (tertiary/aromatic N) is 1. The number of pyridine rings is 1. The second kappa shape index (κ2) is 7.15. The minimum atomic E-state index is -1.06. The van der Waals surface area contributed by atoms with Gasteiger partial charge in [0, 0.05) is 17.8 Å². The minimum Gasteiger partial charge on any atom is -0.478 e. The molecule has 0 fully saturated rings. The maximum Gasteiger partial charge on any atom is 0.337 e. The lowest BCUT2D eigenvalue weighted by atomic mass is 10.0. The van der Waals surface area contributed by atoms with E-state index in [1.165, 1.54) is 6.07 Å². The maximum absolute atomic E-state index is 11.2. The Bertz CT molecular complexity index is 848. The van der Waals surface area contributed by atoms with E-state index in [1.807, 2.05) is 36.4 Å². The molecule has 4 nitrogen and oxygen atoms in total. The number of aromatic nitrogens is 1. The Kier molecular flexibility index (Phi) is 4.77. The first-order chi connectivity index (χ1) is 11.6. The van der Waals surface area contributed by atoms with Crippen molar-refractivity contribution in [3.8, 4) is 17.0 Å². The molecule has 120 valence electrons. The number of carboxylic acids is 1. The zero-order chi connectivity index (χ0) is 16.9. The molecule has 0 radical (unpaired) electrons. The van der Waals surface area contributed by atoms with Gasteiger partial charge in [-0.2, -0.15) is 0 Å². The van der Waals surface area contributed by atoms with Crippen molar-refractivity contribution in [2.45, 2.75) is 6.61 Å². The SMILES string of the molecule is O=C(O)c1cc(-c2ccc(OCc3ccccc3)nc2)ccc1Cl. The van der Waals surface area contributed by atoms with Crippen molar-refractivity contribution in [2.75, 3.05) is 0 Å². The van der Waals surface area contributed by atoms with Crippen molar-refractivity contribution in [3.63, 3.8) is 0 Å². The summed E-state index contributed by atoms with van der Waals surface area (Å²) in [6.07, 6.45) is 1.65. The highest BCUT2D eigenvalue weighted by molar-refractivity contribution is 6.33. The van der Waals surface area contributed by atoms with Gasteiger partial charge in [-0.1, -0.05) is 48.0 Å². The van der Waals surface area contributed by atoms with Crippen LogP contribution in [0.3, 0.4) is 0 Å². The van der Waals surface area contributed by atoms with Crippen LogP contribution in [-0.2, 0) is 6.61 Å². The second-order valence-electron chi connectivity index (χ2n) is 5.16. The van der Waals surface area contributed by atoms with Crippen LogP contribution in [0.25, 0.3) is 11.1 Å². The number of aromatic carboxylic acids is 1. The highest BCUT2D eigenvalue weighted by Crippen LogP contribution is 2.26. The Balaban J connectivity index is 1.75. The number of carbonyl (C=O) groups is 1. The van der Waals surface area contributed by atoms with Crippen LogP contribution in [0.5, 0.6) is 5.88 Å². The lowest BCUT2D eigenvalue weighted by molar-refractivity contribution is 0.0697. The van der Waals surface area contributed by atoms with Gasteiger partial charge in [-0.25, -0.2) is 9.78 Å². The van der Waals surface area contributed by atoms with Gasteiger partial charge in [0.25, 0.3) is 0 Å². The van der Waals surface area contributed by atoms with Crippen LogP contribution in [-0.4, -0.2) is 16.1 Å². The summed E-state index contributed by atoms with van der Waals surface area (Å²) in [5.41, 5.74) is 2.66. The van der Waals surface area contributed by atoms with E-state index in [4.69, 9.17) is 21.4 Å². The number of carboxylic acid groups (broad SMARTS) is 1. The number of rotatable bonds is 5. The van der Waals surface area contributed by atoms with Crippen molar-refractivity contribution >= 4 is 17.6 Å². The number of halogens is 1. The maximum atomic E-state index is 11.2. The van der Waals surface area contributed by atoms with Crippen molar-refractivity contribution in [3.05, 3.63) is 83.0 Å². The summed E-state index contributed by atoms with van der Waals surface area (Å²) in [5, 5.41) is 9.35. The van der Waals surface area contributed by atoms with E-state index in [-0.39, 0.29) is 10.6 Å². The fourth-order valence-corrected chi connectivity index (χ4v) is 2.44. The molecular formula is C19H14ClNO3. The normalized spacial score (nSPS) is 10.4. The van der Waals surface area contributed by atoms with E-state index >= 15 is 0 Å². The van der Waals surface area contributed by atoms with E-state index in [2.05, 4.69) is 4.98 Å². The highest BCUT2D eigenvalue weighted by atomic mass is 35.5. The molecule has 0 aliphatic rings. The summed E-state index contributed by atoms with van der Waals surface area (Å²) in [7, 11) is 0. The first-order valence-electron chi connectivity index (χ1n) is 7.29. The molecule has 0 atom stereocenters. The minimum absolute atomic E-state index is 0.0681. The Labute approximate surface area is 144 Å². The molecule has 0 aliphatic carbocycles. The molecule has 3 rings (SSSR count). The third-order valence-electron chi connectivity index (χ3n) is 3.50. The molecule has 5 heteroatoms. The summed E-state index contributed by atoms with van der Waals surface area (Å²) in [5.74, 6) is -0.548. The van der Waals surface area contributed by atoms with Gasteiger partial charge in [0.1, 0.15) is 6.61 Å². The Morgan fingerprint density at radius 3 is 2.46 bits per heavy atom. The lowest BCUT2D eigenvalue weighted by Crippen LogP contribution is -1.98. The summed E-state index contributed by atoms with van der Waals surface area (Å²) < 4.78 is 5.64. The average molecular weight is 340 g/mol. The third-order valence-corrected chi connectivity index (χ3v) is 3.83. The zero-order valence-corrected chi connectivity index (χ0v) is 13.4. The number of ether oxygens (including phenoxy) is 1. The third kappa shape index (κ3) is 3.73. The van der Waals surface area contributed by atoms with Crippen molar-refractivity contribution in [1.29, 1.82) is 0 Å². The Hall–Kier alpha value is -2.85. The summed E-state index contributed by atoms with van der Waals surface area (Å²) in [6, 6.07) is 18.3. The van der Waals surface area contributed by atoms with Crippen molar-refractivity contribution in [1.82, 2.24) is 4.98 Å². The molecule has 0 spiro atoms. The monoisotopic (exact) mass is 339 g/mol. The molecule has 0 unspecified atom stereocenters. The van der Waals surface area contributed by atoms with Gasteiger partial charge in [0.2, 0.25) is 5.88 Å². The molecule has 3 aromatic rings. The van der Waals surface area contributed by atoms with Gasteiger partial charge in [0.05, 0.1) is 10.6 Å². The smallest absolute Gasteiger partial charge is 0.337 e. The van der Waals surface area contributed by atoms with Gasteiger partial charge >= 0.3 is 5.97 Å². The van der Waals surface area contributed by atoms with Crippen LogP contribution in [0.2, 0.25) is 5.02 Å². The van der Waals surface area contributed by atoms with E-state index < -0.39 is 5.97 Å². The first kappa shape index (κ1) is 16.0. The lowest BCUT2D eigenvalue weighted by Gasteiger charge is -2.07. The first-order valence-corrected chi connectivity index (χ1v) is 7.67. The standard InChI is InChI=1S/C19H14ClNO3/c20-17-8-6-14(10-16(17)19(22)23)15-7-9-18(21-11-15)24-12-13-4-2-1-3-5-13/h1-11H,12H2,(H,22,23). The van der Waals surface area contributed by atoms with Crippen LogP contribution >= 0.6 is 11.6 Å². The van der Waals surface area contributed by atoms with E-state index in [9.17, 15) is 4.79 Å². The van der Waals surface area contributed by atoms with Gasteiger partial charge in [-0.05, 0) is 29.3 Å². The molecule has 0 amide bonds. The van der Waals surface area contributed by atoms with E-state index in [1.54, 1.807) is 24.4 Å². The second-order valence-corrected chi connectivity index (χ2v) is 5.57. The Morgan fingerprint density at radius 2 is 1.79 bits per heavy atom. The quantitative estimate of drug-likeness (QED) is 0.733. The predicted octanol–water partition coefficient (Wildman–Crippen LogP) is 4.68. The largest absolute Gasteiger partial charge is 0.478 e. The summed E-state index contributed by atoms with van der Waals surface area (Å²) in [6.45, 7) is 0.442. The molecule has 24 heavy (non-hydrogen) atoms. The van der Waals surface area contributed by atoms with Gasteiger partial charge in [0.15, 0.2) is 0 Å². The predicted molar refractivity (Wildman–Crippen MR) is 92.4 cm³/mol. The molecule has 2 aromatic carbocycles. The molecule has 0 bridgehead atoms. The number of hydrogen-bond acceptors (Lipinski definition) is 3. The molecule has 0 aliphatic heterocycles. The van der Waals surface area contributed by atoms with Crippen LogP contribution in [0, 0.1) is 0 Å². The summed E-state index contributed by atoms with van der Waals surface area (Å²) >= 11 is 5.89. The number of benzene rings is 2. The van der Waals surface area contributed by atoms with E-state index in [0.717, 1.165) is 16.7 Å². The van der Waals surface area contributed by atoms with Crippen molar-refractivity contribution < 1.29 is 14.6 Å². The van der Waals surface area contributed by atoms with Gasteiger partial charge in [-0.15, -0.1) is 0 Å². The summed E-state index contributed by atoms with van der Waals surface area (Å²) in [4.78, 5) is 15.4. The molecule has 0 saturated heterocycles. The topological polar surface area (TPSA) is 59.4 Å². The molecule has 1 heterocycles. The highest BCUT2D eigenvalue weighted by Gasteiger charge is 2.10. The van der Waals surface area contributed by atoms with Crippen molar-refractivity contribution in [2.24, 2.45) is 0 Å². The van der Waals surface area contributed by atoms with Gasteiger partial charge in [-0.3, -0.25) is 0 Å². The van der Waals surface area contributed by atoms with Crippen LogP contribution in [0.15, 0.2) is 66.9 Å². The number of hydrogen-bond donors (Lipinski definition) is 1. The molecule has 0 saturated carbocycles. The fraction of sp³-hybridized carbons (Fsp3) is 0.0526. The molecule has 1 aromatic heterocycles.